The van der Waals surface area contributed by atoms with Crippen molar-refractivity contribution in [1.82, 2.24) is 15.1 Å². The van der Waals surface area contributed by atoms with E-state index in [0.29, 0.717) is 0 Å². The van der Waals surface area contributed by atoms with E-state index in [2.05, 4.69) is 35.9 Å². The minimum Gasteiger partial charge on any atom is -0.314 e. The number of aromatic nitrogens is 2. The molecular weight excluding hydrogens is 210 g/mol. The summed E-state index contributed by atoms with van der Waals surface area (Å²) in [5.74, 6) is 0. The van der Waals surface area contributed by atoms with E-state index in [0.717, 1.165) is 25.6 Å². The predicted molar refractivity (Wildman–Crippen MR) is 71.3 cm³/mol. The van der Waals surface area contributed by atoms with Gasteiger partial charge in [-0.25, -0.2) is 0 Å². The van der Waals surface area contributed by atoms with Crippen LogP contribution in [-0.4, -0.2) is 22.4 Å². The Kier molecular flexibility index (Phi) is 4.21. The largest absolute Gasteiger partial charge is 0.314 e. The van der Waals surface area contributed by atoms with Crippen molar-refractivity contribution < 1.29 is 0 Å². The Balaban J connectivity index is 1.87. The second kappa shape index (κ2) is 5.67. The highest BCUT2D eigenvalue weighted by molar-refractivity contribution is 5.24. The molecular formula is C14H25N3. The van der Waals surface area contributed by atoms with Gasteiger partial charge < -0.3 is 5.32 Å². The van der Waals surface area contributed by atoms with Crippen molar-refractivity contribution in [1.29, 1.82) is 0 Å². The van der Waals surface area contributed by atoms with Crippen molar-refractivity contribution >= 4 is 0 Å². The fourth-order valence-corrected chi connectivity index (χ4v) is 2.93. The van der Waals surface area contributed by atoms with E-state index >= 15 is 0 Å². The molecule has 3 nitrogen and oxygen atoms in total. The van der Waals surface area contributed by atoms with Gasteiger partial charge in [-0.15, -0.1) is 0 Å². The second-order valence-electron chi connectivity index (χ2n) is 5.15. The molecule has 1 N–H and O–H groups in total. The quantitative estimate of drug-likeness (QED) is 0.850. The first-order valence-corrected chi connectivity index (χ1v) is 6.98. The van der Waals surface area contributed by atoms with Crippen LogP contribution in [0.2, 0.25) is 0 Å². The molecule has 3 heteroatoms. The van der Waals surface area contributed by atoms with Gasteiger partial charge in [-0.2, -0.15) is 5.10 Å². The molecule has 0 radical (unpaired) electrons. The lowest BCUT2D eigenvalue weighted by Crippen LogP contribution is -2.28. The maximum absolute atomic E-state index is 4.57. The van der Waals surface area contributed by atoms with Gasteiger partial charge in [0.25, 0.3) is 0 Å². The predicted octanol–water partition coefficient (Wildman–Crippen LogP) is 2.59. The molecule has 0 unspecified atom stereocenters. The first-order valence-electron chi connectivity index (χ1n) is 6.98. The molecule has 1 saturated carbocycles. The number of aryl methyl sites for hydroxylation is 2. The average Bonchev–Trinajstić information content (AvgIpc) is 2.91. The fourth-order valence-electron chi connectivity index (χ4n) is 2.93. The van der Waals surface area contributed by atoms with Crippen LogP contribution in [0.1, 0.15) is 49.6 Å². The minimum atomic E-state index is 0.775. The van der Waals surface area contributed by atoms with Crippen LogP contribution in [0.15, 0.2) is 0 Å². The Morgan fingerprint density at radius 1 is 1.29 bits per heavy atom. The minimum absolute atomic E-state index is 0.775. The van der Waals surface area contributed by atoms with Gasteiger partial charge in [-0.1, -0.05) is 12.8 Å². The molecule has 96 valence electrons. The van der Waals surface area contributed by atoms with Crippen molar-refractivity contribution in [2.75, 3.05) is 6.54 Å². The Morgan fingerprint density at radius 3 is 2.59 bits per heavy atom. The highest BCUT2D eigenvalue weighted by Gasteiger charge is 2.15. The standard InChI is InChI=1S/C14H25N3/c1-4-17-12(3)14(11(2)16-17)9-10-15-13-7-5-6-8-13/h13,15H,4-10H2,1-3H3. The molecule has 1 aliphatic rings. The molecule has 1 aromatic heterocycles. The lowest BCUT2D eigenvalue weighted by molar-refractivity contribution is 0.527. The summed E-state index contributed by atoms with van der Waals surface area (Å²) in [6, 6.07) is 0.775. The van der Waals surface area contributed by atoms with Crippen molar-refractivity contribution in [3.8, 4) is 0 Å². The van der Waals surface area contributed by atoms with E-state index in [1.807, 2.05) is 0 Å². The summed E-state index contributed by atoms with van der Waals surface area (Å²) in [6.07, 6.45) is 6.67. The van der Waals surface area contributed by atoms with E-state index < -0.39 is 0 Å². The van der Waals surface area contributed by atoms with Crippen molar-refractivity contribution in [2.45, 2.75) is 65.5 Å². The molecule has 0 aliphatic heterocycles. The van der Waals surface area contributed by atoms with Gasteiger partial charge in [-0.05, 0) is 52.1 Å². The monoisotopic (exact) mass is 235 g/mol. The van der Waals surface area contributed by atoms with Crippen LogP contribution in [0.3, 0.4) is 0 Å². The van der Waals surface area contributed by atoms with E-state index in [1.54, 1.807) is 0 Å². The third-order valence-corrected chi connectivity index (χ3v) is 3.99. The maximum atomic E-state index is 4.57. The molecule has 1 heterocycles. The molecule has 0 aromatic carbocycles. The van der Waals surface area contributed by atoms with Gasteiger partial charge in [0.15, 0.2) is 0 Å². The zero-order valence-corrected chi connectivity index (χ0v) is 11.4. The van der Waals surface area contributed by atoms with Gasteiger partial charge in [0.05, 0.1) is 5.69 Å². The molecule has 0 atom stereocenters. The smallest absolute Gasteiger partial charge is 0.0628 e. The summed E-state index contributed by atoms with van der Waals surface area (Å²) in [7, 11) is 0. The van der Waals surface area contributed by atoms with Gasteiger partial charge in [0.2, 0.25) is 0 Å². The van der Waals surface area contributed by atoms with Crippen molar-refractivity contribution in [2.24, 2.45) is 0 Å². The Bertz CT molecular complexity index is 362. The number of hydrogen-bond acceptors (Lipinski definition) is 2. The molecule has 0 saturated heterocycles. The Hall–Kier alpha value is -0.830. The van der Waals surface area contributed by atoms with E-state index in [9.17, 15) is 0 Å². The zero-order valence-electron chi connectivity index (χ0n) is 11.4. The molecule has 0 amide bonds. The van der Waals surface area contributed by atoms with Gasteiger partial charge >= 0.3 is 0 Å². The zero-order chi connectivity index (χ0) is 12.3. The van der Waals surface area contributed by atoms with Crippen LogP contribution in [-0.2, 0) is 13.0 Å². The van der Waals surface area contributed by atoms with E-state index in [4.69, 9.17) is 0 Å². The summed E-state index contributed by atoms with van der Waals surface area (Å²) < 4.78 is 2.11. The lowest BCUT2D eigenvalue weighted by Gasteiger charge is -2.11. The third-order valence-electron chi connectivity index (χ3n) is 3.99. The highest BCUT2D eigenvalue weighted by Crippen LogP contribution is 2.18. The van der Waals surface area contributed by atoms with Gasteiger partial charge in [0.1, 0.15) is 0 Å². The SMILES string of the molecule is CCn1nc(C)c(CCNC2CCCC2)c1C. The summed E-state index contributed by atoms with van der Waals surface area (Å²) >= 11 is 0. The number of rotatable bonds is 5. The highest BCUT2D eigenvalue weighted by atomic mass is 15.3. The molecule has 2 rings (SSSR count). The number of hydrogen-bond donors (Lipinski definition) is 1. The summed E-state index contributed by atoms with van der Waals surface area (Å²) in [4.78, 5) is 0. The summed E-state index contributed by atoms with van der Waals surface area (Å²) in [5, 5.41) is 8.24. The normalized spacial score (nSPS) is 16.9. The maximum Gasteiger partial charge on any atom is 0.0628 e. The van der Waals surface area contributed by atoms with Crippen LogP contribution in [0.5, 0.6) is 0 Å². The number of nitrogens with zero attached hydrogens (tertiary/aromatic N) is 2. The third kappa shape index (κ3) is 2.89. The topological polar surface area (TPSA) is 29.9 Å². The lowest BCUT2D eigenvalue weighted by atomic mass is 10.1. The molecule has 17 heavy (non-hydrogen) atoms. The molecule has 0 spiro atoms. The van der Waals surface area contributed by atoms with E-state index in [1.165, 1.54) is 42.6 Å². The van der Waals surface area contributed by atoms with E-state index in [-0.39, 0.29) is 0 Å². The Morgan fingerprint density at radius 2 is 2.00 bits per heavy atom. The van der Waals surface area contributed by atoms with Crippen LogP contribution in [0.25, 0.3) is 0 Å². The molecule has 1 fully saturated rings. The van der Waals surface area contributed by atoms with Gasteiger partial charge in [0, 0.05) is 18.3 Å². The summed E-state index contributed by atoms with van der Waals surface area (Å²) in [6.45, 7) is 8.54. The van der Waals surface area contributed by atoms with Crippen LogP contribution in [0.4, 0.5) is 0 Å². The number of nitrogens with one attached hydrogen (secondary N) is 1. The fraction of sp³-hybridized carbons (Fsp3) is 0.786. The summed E-state index contributed by atoms with van der Waals surface area (Å²) in [5.41, 5.74) is 3.99. The van der Waals surface area contributed by atoms with Crippen LogP contribution < -0.4 is 5.32 Å². The molecule has 1 aromatic rings. The first-order chi connectivity index (χ1) is 8.22. The molecule has 0 bridgehead atoms. The van der Waals surface area contributed by atoms with Crippen molar-refractivity contribution in [3.63, 3.8) is 0 Å². The first kappa shape index (κ1) is 12.6. The van der Waals surface area contributed by atoms with Crippen LogP contribution >= 0.6 is 0 Å². The molecule has 1 aliphatic carbocycles. The van der Waals surface area contributed by atoms with Crippen molar-refractivity contribution in [3.05, 3.63) is 17.0 Å². The second-order valence-corrected chi connectivity index (χ2v) is 5.15. The van der Waals surface area contributed by atoms with Crippen LogP contribution in [0, 0.1) is 13.8 Å². The Labute approximate surface area is 105 Å². The van der Waals surface area contributed by atoms with Gasteiger partial charge in [-0.3, -0.25) is 4.68 Å². The average molecular weight is 235 g/mol.